The standard InChI is InChI=1S/C16H22N2/c1-13-8-10-15(11-9-13)18-16(2,12-17)14-6-4-3-5-7-14/h8-11,14,18H,3-7H2,1-2H3. The molecule has 0 heterocycles. The summed E-state index contributed by atoms with van der Waals surface area (Å²) in [4.78, 5) is 0. The molecule has 1 N–H and O–H groups in total. The molecule has 1 atom stereocenters. The maximum atomic E-state index is 9.54. The highest BCUT2D eigenvalue weighted by Gasteiger charge is 2.34. The number of anilines is 1. The maximum Gasteiger partial charge on any atom is 0.125 e. The first-order valence-electron chi connectivity index (χ1n) is 6.90. The van der Waals surface area contributed by atoms with E-state index in [4.69, 9.17) is 0 Å². The van der Waals surface area contributed by atoms with Crippen LogP contribution in [-0.4, -0.2) is 5.54 Å². The number of hydrogen-bond donors (Lipinski definition) is 1. The van der Waals surface area contributed by atoms with E-state index in [1.54, 1.807) is 0 Å². The highest BCUT2D eigenvalue weighted by molar-refractivity contribution is 5.48. The van der Waals surface area contributed by atoms with E-state index < -0.39 is 5.54 Å². The van der Waals surface area contributed by atoms with Crippen LogP contribution in [0.3, 0.4) is 0 Å². The van der Waals surface area contributed by atoms with Crippen LogP contribution >= 0.6 is 0 Å². The number of nitriles is 1. The van der Waals surface area contributed by atoms with Crippen molar-refractivity contribution in [1.82, 2.24) is 0 Å². The third kappa shape index (κ3) is 2.85. The summed E-state index contributed by atoms with van der Waals surface area (Å²) in [6.07, 6.45) is 6.18. The zero-order valence-corrected chi connectivity index (χ0v) is 11.4. The molecule has 96 valence electrons. The molecule has 0 aromatic heterocycles. The highest BCUT2D eigenvalue weighted by atomic mass is 15.0. The van der Waals surface area contributed by atoms with Crippen LogP contribution in [0, 0.1) is 24.2 Å². The van der Waals surface area contributed by atoms with Gasteiger partial charge in [0.25, 0.3) is 0 Å². The van der Waals surface area contributed by atoms with Gasteiger partial charge in [0.05, 0.1) is 6.07 Å². The van der Waals surface area contributed by atoms with Crippen molar-refractivity contribution < 1.29 is 0 Å². The van der Waals surface area contributed by atoms with Crippen molar-refractivity contribution in [3.8, 4) is 6.07 Å². The van der Waals surface area contributed by atoms with Crippen LogP contribution in [0.4, 0.5) is 5.69 Å². The van der Waals surface area contributed by atoms with Gasteiger partial charge in [0.2, 0.25) is 0 Å². The van der Waals surface area contributed by atoms with Crippen molar-refractivity contribution in [2.24, 2.45) is 5.92 Å². The molecule has 0 radical (unpaired) electrons. The molecule has 2 rings (SSSR count). The van der Waals surface area contributed by atoms with Crippen LogP contribution < -0.4 is 5.32 Å². The maximum absolute atomic E-state index is 9.54. The molecule has 0 spiro atoms. The summed E-state index contributed by atoms with van der Waals surface area (Å²) in [6.45, 7) is 4.12. The predicted octanol–water partition coefficient (Wildman–Crippen LogP) is 4.27. The largest absolute Gasteiger partial charge is 0.367 e. The van der Waals surface area contributed by atoms with Gasteiger partial charge in [-0.3, -0.25) is 0 Å². The first-order valence-corrected chi connectivity index (χ1v) is 6.90. The lowest BCUT2D eigenvalue weighted by Gasteiger charge is -2.36. The van der Waals surface area contributed by atoms with Crippen LogP contribution in [0.25, 0.3) is 0 Å². The number of nitrogens with zero attached hydrogens (tertiary/aromatic N) is 1. The molecule has 1 aliphatic carbocycles. The smallest absolute Gasteiger partial charge is 0.125 e. The van der Waals surface area contributed by atoms with Crippen molar-refractivity contribution in [2.45, 2.75) is 51.5 Å². The molecule has 0 aliphatic heterocycles. The Kier molecular flexibility index (Phi) is 3.91. The molecular weight excluding hydrogens is 220 g/mol. The fourth-order valence-electron chi connectivity index (χ4n) is 2.84. The zero-order valence-electron chi connectivity index (χ0n) is 11.4. The van der Waals surface area contributed by atoms with E-state index in [0.29, 0.717) is 5.92 Å². The Morgan fingerprint density at radius 3 is 2.33 bits per heavy atom. The minimum absolute atomic E-state index is 0.435. The Hall–Kier alpha value is -1.49. The van der Waals surface area contributed by atoms with Crippen molar-refractivity contribution >= 4 is 5.69 Å². The summed E-state index contributed by atoms with van der Waals surface area (Å²) in [5.41, 5.74) is 1.86. The number of nitrogens with one attached hydrogen (secondary N) is 1. The summed E-state index contributed by atoms with van der Waals surface area (Å²) >= 11 is 0. The summed E-state index contributed by atoms with van der Waals surface area (Å²) in [6, 6.07) is 10.8. The fourth-order valence-corrected chi connectivity index (χ4v) is 2.84. The highest BCUT2D eigenvalue weighted by Crippen LogP contribution is 2.34. The molecule has 18 heavy (non-hydrogen) atoms. The molecule has 1 unspecified atom stereocenters. The lowest BCUT2D eigenvalue weighted by molar-refractivity contribution is 0.286. The van der Waals surface area contributed by atoms with E-state index >= 15 is 0 Å². The third-order valence-corrected chi connectivity index (χ3v) is 4.11. The van der Waals surface area contributed by atoms with Gasteiger partial charge in [-0.25, -0.2) is 0 Å². The Morgan fingerprint density at radius 1 is 1.17 bits per heavy atom. The Balaban J connectivity index is 2.12. The van der Waals surface area contributed by atoms with Crippen LogP contribution in [-0.2, 0) is 0 Å². The van der Waals surface area contributed by atoms with E-state index in [9.17, 15) is 5.26 Å². The van der Waals surface area contributed by atoms with Gasteiger partial charge >= 0.3 is 0 Å². The van der Waals surface area contributed by atoms with Gasteiger partial charge in [-0.1, -0.05) is 37.0 Å². The second kappa shape index (κ2) is 5.44. The minimum Gasteiger partial charge on any atom is -0.367 e. The number of rotatable bonds is 3. The molecule has 0 bridgehead atoms. The van der Waals surface area contributed by atoms with E-state index in [-0.39, 0.29) is 0 Å². The summed E-state index contributed by atoms with van der Waals surface area (Å²) < 4.78 is 0. The molecule has 0 amide bonds. The molecule has 1 aromatic rings. The molecule has 1 saturated carbocycles. The van der Waals surface area contributed by atoms with Crippen LogP contribution in [0.2, 0.25) is 0 Å². The van der Waals surface area contributed by atoms with Crippen molar-refractivity contribution in [3.63, 3.8) is 0 Å². The predicted molar refractivity (Wildman–Crippen MR) is 75.4 cm³/mol. The van der Waals surface area contributed by atoms with Crippen LogP contribution in [0.5, 0.6) is 0 Å². The average molecular weight is 242 g/mol. The quantitative estimate of drug-likeness (QED) is 0.859. The summed E-state index contributed by atoms with van der Waals surface area (Å²) in [7, 11) is 0. The van der Waals surface area contributed by atoms with E-state index in [0.717, 1.165) is 5.69 Å². The molecule has 2 nitrogen and oxygen atoms in total. The summed E-state index contributed by atoms with van der Waals surface area (Å²) in [5.74, 6) is 0.470. The van der Waals surface area contributed by atoms with Crippen LogP contribution in [0.15, 0.2) is 24.3 Å². The van der Waals surface area contributed by atoms with Gasteiger partial charge in [-0.15, -0.1) is 0 Å². The number of hydrogen-bond acceptors (Lipinski definition) is 2. The Labute approximate surface area is 110 Å². The Bertz CT molecular complexity index is 423. The second-order valence-electron chi connectivity index (χ2n) is 5.64. The van der Waals surface area contributed by atoms with Gasteiger partial charge in [-0.2, -0.15) is 5.26 Å². The van der Waals surface area contributed by atoms with E-state index in [1.165, 1.54) is 37.7 Å². The number of aryl methyl sites for hydroxylation is 1. The van der Waals surface area contributed by atoms with E-state index in [1.807, 2.05) is 6.92 Å². The van der Waals surface area contributed by atoms with Crippen molar-refractivity contribution in [1.29, 1.82) is 5.26 Å². The monoisotopic (exact) mass is 242 g/mol. The second-order valence-corrected chi connectivity index (χ2v) is 5.64. The first-order chi connectivity index (χ1) is 8.64. The lowest BCUT2D eigenvalue weighted by Crippen LogP contribution is -2.42. The van der Waals surface area contributed by atoms with E-state index in [2.05, 4.69) is 42.6 Å². The first kappa shape index (κ1) is 13.0. The van der Waals surface area contributed by atoms with Gasteiger partial charge in [-0.05, 0) is 44.7 Å². The third-order valence-electron chi connectivity index (χ3n) is 4.11. The minimum atomic E-state index is -0.435. The molecule has 1 aromatic carbocycles. The number of benzene rings is 1. The molecular formula is C16H22N2. The molecule has 0 saturated heterocycles. The van der Waals surface area contributed by atoms with Crippen LogP contribution in [0.1, 0.15) is 44.6 Å². The summed E-state index contributed by atoms with van der Waals surface area (Å²) in [5, 5.41) is 13.0. The molecule has 1 aliphatic rings. The topological polar surface area (TPSA) is 35.8 Å². The molecule has 2 heteroatoms. The fraction of sp³-hybridized carbons (Fsp3) is 0.562. The van der Waals surface area contributed by atoms with Crippen molar-refractivity contribution in [3.05, 3.63) is 29.8 Å². The average Bonchev–Trinajstić information content (AvgIpc) is 2.42. The van der Waals surface area contributed by atoms with Crippen molar-refractivity contribution in [2.75, 3.05) is 5.32 Å². The molecule has 1 fully saturated rings. The van der Waals surface area contributed by atoms with Gasteiger partial charge in [0, 0.05) is 5.69 Å². The van der Waals surface area contributed by atoms with Gasteiger partial charge < -0.3 is 5.32 Å². The van der Waals surface area contributed by atoms with Gasteiger partial charge in [0.1, 0.15) is 5.54 Å². The lowest BCUT2D eigenvalue weighted by atomic mass is 9.76. The van der Waals surface area contributed by atoms with Gasteiger partial charge in [0.15, 0.2) is 0 Å². The SMILES string of the molecule is Cc1ccc(NC(C)(C#N)C2CCCCC2)cc1. The normalized spacial score (nSPS) is 19.8. The Morgan fingerprint density at radius 2 is 1.78 bits per heavy atom. The zero-order chi connectivity index (χ0) is 13.0.